The van der Waals surface area contributed by atoms with Gasteiger partial charge in [0.25, 0.3) is 0 Å². The molecule has 0 radical (unpaired) electrons. The predicted octanol–water partition coefficient (Wildman–Crippen LogP) is 2.68. The van der Waals surface area contributed by atoms with Crippen LogP contribution in [-0.4, -0.2) is 41.4 Å². The highest BCUT2D eigenvalue weighted by Gasteiger charge is 2.41. The summed E-state index contributed by atoms with van der Waals surface area (Å²) in [5, 5.41) is 9.21. The number of hydrogen-bond donors (Lipinski definition) is 1. The average Bonchev–Trinajstić information content (AvgIpc) is 2.88. The van der Waals surface area contributed by atoms with E-state index >= 15 is 0 Å². The minimum absolute atomic E-state index is 0.0118. The molecular weight excluding hydrogens is 297 g/mol. The first-order chi connectivity index (χ1) is 11.1. The van der Waals surface area contributed by atoms with Crippen molar-refractivity contribution < 1.29 is 19.1 Å². The van der Waals surface area contributed by atoms with Crippen LogP contribution in [0.5, 0.6) is 0 Å². The normalized spacial score (nSPS) is 26.7. The molecule has 1 heterocycles. The van der Waals surface area contributed by atoms with Crippen LogP contribution in [0.25, 0.3) is 0 Å². The van der Waals surface area contributed by atoms with Crippen molar-refractivity contribution in [3.8, 4) is 0 Å². The van der Waals surface area contributed by atoms with E-state index in [9.17, 15) is 19.1 Å². The molecule has 4 nitrogen and oxygen atoms in total. The van der Waals surface area contributed by atoms with Crippen LogP contribution in [0.4, 0.5) is 4.39 Å². The summed E-state index contributed by atoms with van der Waals surface area (Å²) in [6.07, 6.45) is 4.33. The number of likely N-dealkylation sites (tertiary alicyclic amines) is 1. The molecule has 5 heteroatoms. The number of hydrogen-bond acceptors (Lipinski definition) is 3. The Kier molecular flexibility index (Phi) is 4.76. The van der Waals surface area contributed by atoms with Crippen LogP contribution < -0.4 is 0 Å². The number of carbonyl (C=O) groups excluding carboxylic acids is 1. The Morgan fingerprint density at radius 3 is 2.74 bits per heavy atom. The zero-order valence-electron chi connectivity index (χ0n) is 13.0. The van der Waals surface area contributed by atoms with Gasteiger partial charge in [0.2, 0.25) is 0 Å². The topological polar surface area (TPSA) is 57.6 Å². The molecule has 0 aromatic heterocycles. The van der Waals surface area contributed by atoms with Gasteiger partial charge in [-0.15, -0.1) is 0 Å². The first kappa shape index (κ1) is 16.1. The van der Waals surface area contributed by atoms with Gasteiger partial charge < -0.3 is 9.90 Å². The van der Waals surface area contributed by atoms with Gasteiger partial charge in [0, 0.05) is 31.0 Å². The maximum absolute atomic E-state index is 13.5. The SMILES string of the molecule is O=CC1CN([C@H](CC(=O)O)C2CCC2)CC1c1cccc(F)c1. The molecule has 2 aliphatic rings. The number of carboxylic acids is 1. The minimum atomic E-state index is -0.793. The van der Waals surface area contributed by atoms with Crippen molar-refractivity contribution in [2.24, 2.45) is 11.8 Å². The molecule has 1 aromatic carbocycles. The van der Waals surface area contributed by atoms with E-state index < -0.39 is 5.97 Å². The second kappa shape index (κ2) is 6.79. The smallest absolute Gasteiger partial charge is 0.304 e. The van der Waals surface area contributed by atoms with E-state index in [1.807, 2.05) is 6.07 Å². The molecule has 1 saturated heterocycles. The standard InChI is InChI=1S/C18H22FNO3/c19-15-6-2-5-13(7-15)16-10-20(9-14(16)11-21)17(8-18(22)23)12-3-1-4-12/h2,5-7,11-12,14,16-17H,1,3-4,8-10H2,(H,22,23)/t14?,16?,17-/m1/s1. The van der Waals surface area contributed by atoms with Crippen molar-refractivity contribution in [1.29, 1.82) is 0 Å². The predicted molar refractivity (Wildman–Crippen MR) is 83.6 cm³/mol. The lowest BCUT2D eigenvalue weighted by Gasteiger charge is -2.38. The summed E-state index contributed by atoms with van der Waals surface area (Å²) in [6.45, 7) is 1.19. The Morgan fingerprint density at radius 2 is 2.17 bits per heavy atom. The van der Waals surface area contributed by atoms with E-state index in [1.54, 1.807) is 6.07 Å². The maximum Gasteiger partial charge on any atom is 0.304 e. The lowest BCUT2D eigenvalue weighted by atomic mass is 9.78. The van der Waals surface area contributed by atoms with E-state index in [0.29, 0.717) is 19.0 Å². The second-order valence-corrected chi connectivity index (χ2v) is 6.77. The van der Waals surface area contributed by atoms with Crippen molar-refractivity contribution in [2.75, 3.05) is 13.1 Å². The Balaban J connectivity index is 1.79. The van der Waals surface area contributed by atoms with Crippen molar-refractivity contribution in [3.05, 3.63) is 35.6 Å². The molecule has 0 amide bonds. The molecule has 2 fully saturated rings. The number of halogens is 1. The van der Waals surface area contributed by atoms with Crippen molar-refractivity contribution in [3.63, 3.8) is 0 Å². The zero-order valence-corrected chi connectivity index (χ0v) is 13.0. The highest BCUT2D eigenvalue weighted by atomic mass is 19.1. The van der Waals surface area contributed by atoms with Crippen LogP contribution in [0, 0.1) is 17.7 Å². The molecule has 3 rings (SSSR count). The first-order valence-corrected chi connectivity index (χ1v) is 8.25. The van der Waals surface area contributed by atoms with E-state index in [0.717, 1.165) is 31.1 Å². The maximum atomic E-state index is 13.5. The summed E-state index contributed by atoms with van der Waals surface area (Å²) < 4.78 is 13.5. The molecule has 2 unspecified atom stereocenters. The van der Waals surface area contributed by atoms with Gasteiger partial charge in [-0.3, -0.25) is 9.69 Å². The third kappa shape index (κ3) is 3.44. The van der Waals surface area contributed by atoms with Gasteiger partial charge in [0.1, 0.15) is 12.1 Å². The lowest BCUT2D eigenvalue weighted by molar-refractivity contribution is -0.139. The molecular formula is C18H22FNO3. The number of aliphatic carboxylic acids is 1. The Bertz CT molecular complexity index is 587. The Morgan fingerprint density at radius 1 is 1.39 bits per heavy atom. The molecule has 0 bridgehead atoms. The van der Waals surface area contributed by atoms with Crippen molar-refractivity contribution in [2.45, 2.75) is 37.6 Å². The van der Waals surface area contributed by atoms with Gasteiger partial charge in [-0.1, -0.05) is 18.6 Å². The van der Waals surface area contributed by atoms with E-state index in [2.05, 4.69) is 4.90 Å². The van der Waals surface area contributed by atoms with Crippen LogP contribution >= 0.6 is 0 Å². The molecule has 1 saturated carbocycles. The first-order valence-electron chi connectivity index (χ1n) is 8.25. The van der Waals surface area contributed by atoms with Gasteiger partial charge in [-0.25, -0.2) is 4.39 Å². The fourth-order valence-corrected chi connectivity index (χ4v) is 3.96. The lowest BCUT2D eigenvalue weighted by Crippen LogP contribution is -2.43. The van der Waals surface area contributed by atoms with Gasteiger partial charge >= 0.3 is 5.97 Å². The van der Waals surface area contributed by atoms with Gasteiger partial charge in [0.05, 0.1) is 6.42 Å². The van der Waals surface area contributed by atoms with E-state index in [1.165, 1.54) is 12.1 Å². The molecule has 1 aliphatic heterocycles. The molecule has 3 atom stereocenters. The number of benzene rings is 1. The highest BCUT2D eigenvalue weighted by molar-refractivity contribution is 5.67. The largest absolute Gasteiger partial charge is 0.481 e. The number of carboxylic acid groups (broad SMARTS) is 1. The van der Waals surface area contributed by atoms with Crippen LogP contribution in [0.3, 0.4) is 0 Å². The van der Waals surface area contributed by atoms with Crippen molar-refractivity contribution in [1.82, 2.24) is 4.90 Å². The summed E-state index contributed by atoms with van der Waals surface area (Å²) in [5.41, 5.74) is 0.826. The Labute approximate surface area is 135 Å². The summed E-state index contributed by atoms with van der Waals surface area (Å²) in [4.78, 5) is 24.8. The van der Waals surface area contributed by atoms with Crippen molar-refractivity contribution >= 4 is 12.3 Å². The molecule has 23 heavy (non-hydrogen) atoms. The van der Waals surface area contributed by atoms with Crippen LogP contribution in [-0.2, 0) is 9.59 Å². The fraction of sp³-hybridized carbons (Fsp3) is 0.556. The average molecular weight is 319 g/mol. The molecule has 0 spiro atoms. The minimum Gasteiger partial charge on any atom is -0.481 e. The number of aldehydes is 1. The third-order valence-electron chi connectivity index (χ3n) is 5.39. The summed E-state index contributed by atoms with van der Waals surface area (Å²) in [5.74, 6) is -0.942. The van der Waals surface area contributed by atoms with Crippen LogP contribution in [0.15, 0.2) is 24.3 Å². The Hall–Kier alpha value is -1.75. The summed E-state index contributed by atoms with van der Waals surface area (Å²) >= 11 is 0. The van der Waals surface area contributed by atoms with Gasteiger partial charge in [-0.2, -0.15) is 0 Å². The number of rotatable bonds is 6. The zero-order chi connectivity index (χ0) is 16.4. The molecule has 1 aliphatic carbocycles. The highest BCUT2D eigenvalue weighted by Crippen LogP contribution is 2.39. The third-order valence-corrected chi connectivity index (χ3v) is 5.39. The molecule has 1 aromatic rings. The quantitative estimate of drug-likeness (QED) is 0.819. The van der Waals surface area contributed by atoms with Gasteiger partial charge in [0.15, 0.2) is 0 Å². The van der Waals surface area contributed by atoms with Crippen LogP contribution in [0.2, 0.25) is 0 Å². The van der Waals surface area contributed by atoms with E-state index in [-0.39, 0.29) is 30.1 Å². The summed E-state index contributed by atoms with van der Waals surface area (Å²) in [7, 11) is 0. The van der Waals surface area contributed by atoms with Crippen LogP contribution in [0.1, 0.15) is 37.2 Å². The van der Waals surface area contributed by atoms with E-state index in [4.69, 9.17) is 0 Å². The molecule has 1 N–H and O–H groups in total. The monoisotopic (exact) mass is 319 g/mol. The second-order valence-electron chi connectivity index (χ2n) is 6.77. The van der Waals surface area contributed by atoms with Gasteiger partial charge in [-0.05, 0) is 36.5 Å². The number of nitrogens with zero attached hydrogens (tertiary/aromatic N) is 1. The fourth-order valence-electron chi connectivity index (χ4n) is 3.96. The number of carbonyl (C=O) groups is 2. The summed E-state index contributed by atoms with van der Waals surface area (Å²) in [6, 6.07) is 6.38. The molecule has 124 valence electrons.